The minimum atomic E-state index is 0.503. The van der Waals surface area contributed by atoms with Crippen LogP contribution >= 0.6 is 0 Å². The third kappa shape index (κ3) is 5.46. The highest BCUT2D eigenvalue weighted by molar-refractivity contribution is 6.10. The molecule has 54 heavy (non-hydrogen) atoms. The van der Waals surface area contributed by atoms with Crippen LogP contribution in [0.4, 0.5) is 0 Å². The zero-order valence-electron chi connectivity index (χ0n) is 29.2. The molecule has 0 saturated carbocycles. The van der Waals surface area contributed by atoms with E-state index < -0.39 is 0 Å². The molecule has 0 aliphatic carbocycles. The first-order valence-electron chi connectivity index (χ1n) is 17.8. The predicted octanol–water partition coefficient (Wildman–Crippen LogP) is 10.7. The van der Waals surface area contributed by atoms with Crippen LogP contribution < -0.4 is 9.47 Å². The highest BCUT2D eigenvalue weighted by atomic mass is 16.5. The lowest BCUT2D eigenvalue weighted by molar-refractivity contribution is 0.461. The molecule has 0 radical (unpaired) electrons. The molecule has 0 N–H and O–H groups in total. The van der Waals surface area contributed by atoms with Crippen LogP contribution in [0.2, 0.25) is 0 Å². The number of ether oxygens (including phenoxy) is 2. The molecule has 5 aromatic heterocycles. The second kappa shape index (κ2) is 13.0. The second-order valence-electron chi connectivity index (χ2n) is 13.0. The molecular formula is C45H31N7O2. The van der Waals surface area contributed by atoms with Crippen molar-refractivity contribution in [3.8, 4) is 46.0 Å². The van der Waals surface area contributed by atoms with Gasteiger partial charge in [0.15, 0.2) is 5.82 Å². The molecule has 5 aromatic carbocycles. The number of hydrogen-bond acceptors (Lipinski definition) is 7. The van der Waals surface area contributed by atoms with E-state index in [2.05, 4.69) is 115 Å². The van der Waals surface area contributed by atoms with E-state index in [1.54, 1.807) is 0 Å². The van der Waals surface area contributed by atoms with Gasteiger partial charge in [0.25, 0.3) is 0 Å². The first kappa shape index (κ1) is 31.4. The highest BCUT2D eigenvalue weighted by Crippen LogP contribution is 2.39. The van der Waals surface area contributed by atoms with Gasteiger partial charge in [-0.3, -0.25) is 9.13 Å². The Balaban J connectivity index is 1.07. The largest absolute Gasteiger partial charge is 0.457 e. The van der Waals surface area contributed by atoms with Crippen LogP contribution in [-0.4, -0.2) is 34.1 Å². The van der Waals surface area contributed by atoms with Gasteiger partial charge in [-0.2, -0.15) is 0 Å². The van der Waals surface area contributed by atoms with Crippen LogP contribution in [0.15, 0.2) is 159 Å². The van der Waals surface area contributed by atoms with Gasteiger partial charge in [0.2, 0.25) is 0 Å². The SMILES string of the molecule is CCc1ccnc(-n2c3ccccc3c3ccc(Oc4cc(Oc5ccc6c7ccccc7n(-c7ccccn7)c6c5)cc(-c5ncncn5)c4)cc32)c1. The zero-order chi connectivity index (χ0) is 36.0. The second-order valence-corrected chi connectivity index (χ2v) is 13.0. The fourth-order valence-electron chi connectivity index (χ4n) is 7.29. The molecule has 10 aromatic rings. The molecule has 0 fully saturated rings. The number of benzene rings is 5. The molecule has 0 spiro atoms. The Morgan fingerprint density at radius 1 is 0.463 bits per heavy atom. The number of aromatic nitrogens is 7. The number of hydrogen-bond donors (Lipinski definition) is 0. The van der Waals surface area contributed by atoms with Crippen molar-refractivity contribution >= 4 is 43.6 Å². The average molecular weight is 702 g/mol. The molecule has 0 saturated heterocycles. The topological polar surface area (TPSA) is 92.8 Å². The van der Waals surface area contributed by atoms with Crippen molar-refractivity contribution < 1.29 is 9.47 Å². The van der Waals surface area contributed by atoms with Gasteiger partial charge >= 0.3 is 0 Å². The summed E-state index contributed by atoms with van der Waals surface area (Å²) in [4.78, 5) is 22.3. The molecule has 0 atom stereocenters. The fourth-order valence-corrected chi connectivity index (χ4v) is 7.29. The van der Waals surface area contributed by atoms with Crippen LogP contribution in [0.25, 0.3) is 66.6 Å². The molecule has 258 valence electrons. The van der Waals surface area contributed by atoms with Gasteiger partial charge in [-0.25, -0.2) is 24.9 Å². The quantitative estimate of drug-likeness (QED) is 0.156. The van der Waals surface area contributed by atoms with E-state index in [0.29, 0.717) is 28.8 Å². The van der Waals surface area contributed by atoms with Gasteiger partial charge in [-0.05, 0) is 84.8 Å². The van der Waals surface area contributed by atoms with Crippen LogP contribution in [0.5, 0.6) is 23.0 Å². The minimum Gasteiger partial charge on any atom is -0.457 e. The maximum absolute atomic E-state index is 6.65. The number of rotatable bonds is 8. The molecule has 0 bridgehead atoms. The summed E-state index contributed by atoms with van der Waals surface area (Å²) in [6.45, 7) is 2.15. The summed E-state index contributed by atoms with van der Waals surface area (Å²) in [6.07, 6.45) is 7.57. The van der Waals surface area contributed by atoms with Crippen molar-refractivity contribution in [3.05, 3.63) is 164 Å². The Kier molecular flexibility index (Phi) is 7.54. The number of para-hydroxylation sites is 2. The van der Waals surface area contributed by atoms with E-state index in [4.69, 9.17) is 14.5 Å². The summed E-state index contributed by atoms with van der Waals surface area (Å²) >= 11 is 0. The summed E-state index contributed by atoms with van der Waals surface area (Å²) < 4.78 is 17.6. The van der Waals surface area contributed by atoms with E-state index in [-0.39, 0.29) is 0 Å². The molecule has 9 heteroatoms. The molecule has 0 amide bonds. The van der Waals surface area contributed by atoms with E-state index >= 15 is 0 Å². The first-order valence-corrected chi connectivity index (χ1v) is 17.8. The average Bonchev–Trinajstić information content (AvgIpc) is 3.73. The Bertz CT molecular complexity index is 2990. The molecule has 0 unspecified atom stereocenters. The summed E-state index contributed by atoms with van der Waals surface area (Å²) in [5.41, 5.74) is 6.08. The van der Waals surface area contributed by atoms with Crippen molar-refractivity contribution in [1.82, 2.24) is 34.1 Å². The van der Waals surface area contributed by atoms with E-state index in [0.717, 1.165) is 67.2 Å². The molecule has 0 aliphatic rings. The maximum atomic E-state index is 6.65. The van der Waals surface area contributed by atoms with Crippen molar-refractivity contribution in [1.29, 1.82) is 0 Å². The molecule has 5 heterocycles. The predicted molar refractivity (Wildman–Crippen MR) is 212 cm³/mol. The van der Waals surface area contributed by atoms with Crippen LogP contribution in [-0.2, 0) is 6.42 Å². The van der Waals surface area contributed by atoms with Gasteiger partial charge in [0.05, 0.1) is 22.1 Å². The first-order chi connectivity index (χ1) is 26.7. The lowest BCUT2D eigenvalue weighted by atomic mass is 10.1. The zero-order valence-corrected chi connectivity index (χ0v) is 29.2. The van der Waals surface area contributed by atoms with Crippen LogP contribution in [0.3, 0.4) is 0 Å². The standard InChI is InChI=1S/C45H31N7O2/c1-2-29-18-20-48-44(21-29)52-40-12-6-4-10-36(40)38-17-15-32(26-42(38)52)54-34-23-30(45-49-27-46-28-50-45)22-33(24-34)53-31-14-16-37-35-9-3-5-11-39(35)51(41(37)25-31)43-13-7-8-19-47-43/h3-28H,2H2,1H3. The smallest absolute Gasteiger partial charge is 0.162 e. The lowest BCUT2D eigenvalue weighted by Crippen LogP contribution is -1.98. The molecule has 10 rings (SSSR count). The lowest BCUT2D eigenvalue weighted by Gasteiger charge is -2.13. The Hall–Kier alpha value is -7.39. The Morgan fingerprint density at radius 3 is 1.65 bits per heavy atom. The summed E-state index contributed by atoms with van der Waals surface area (Å²) in [5, 5.41) is 4.51. The molecule has 0 aliphatic heterocycles. The number of pyridine rings is 2. The summed E-state index contributed by atoms with van der Waals surface area (Å²) in [6, 6.07) is 44.9. The van der Waals surface area contributed by atoms with Crippen LogP contribution in [0, 0.1) is 0 Å². The summed E-state index contributed by atoms with van der Waals surface area (Å²) in [5.74, 6) is 4.66. The Labute approximate surface area is 309 Å². The van der Waals surface area contributed by atoms with Crippen molar-refractivity contribution in [2.75, 3.05) is 0 Å². The van der Waals surface area contributed by atoms with Crippen LogP contribution in [0.1, 0.15) is 12.5 Å². The number of aryl methyl sites for hydroxylation is 1. The third-order valence-electron chi connectivity index (χ3n) is 9.72. The van der Waals surface area contributed by atoms with Crippen molar-refractivity contribution in [2.24, 2.45) is 0 Å². The van der Waals surface area contributed by atoms with E-state index in [9.17, 15) is 0 Å². The monoisotopic (exact) mass is 701 g/mol. The van der Waals surface area contributed by atoms with Gasteiger partial charge in [-0.15, -0.1) is 0 Å². The van der Waals surface area contributed by atoms with Gasteiger partial charge < -0.3 is 9.47 Å². The number of nitrogens with zero attached hydrogens (tertiary/aromatic N) is 7. The normalized spacial score (nSPS) is 11.5. The maximum Gasteiger partial charge on any atom is 0.162 e. The molecular weight excluding hydrogens is 671 g/mol. The van der Waals surface area contributed by atoms with E-state index in [1.807, 2.05) is 67.0 Å². The summed E-state index contributed by atoms with van der Waals surface area (Å²) in [7, 11) is 0. The minimum absolute atomic E-state index is 0.503. The van der Waals surface area contributed by atoms with E-state index in [1.165, 1.54) is 18.2 Å². The van der Waals surface area contributed by atoms with Gasteiger partial charge in [-0.1, -0.05) is 49.4 Å². The third-order valence-corrected chi connectivity index (χ3v) is 9.72. The van der Waals surface area contributed by atoms with Gasteiger partial charge in [0, 0.05) is 57.7 Å². The van der Waals surface area contributed by atoms with Gasteiger partial charge in [0.1, 0.15) is 47.3 Å². The Morgan fingerprint density at radius 2 is 1.04 bits per heavy atom. The number of fused-ring (bicyclic) bond motifs is 6. The fraction of sp³-hybridized carbons (Fsp3) is 0.0444. The molecule has 9 nitrogen and oxygen atoms in total. The van der Waals surface area contributed by atoms with Crippen molar-refractivity contribution in [3.63, 3.8) is 0 Å². The van der Waals surface area contributed by atoms with Crippen molar-refractivity contribution in [2.45, 2.75) is 13.3 Å². The highest BCUT2D eigenvalue weighted by Gasteiger charge is 2.17.